The molecule has 0 bridgehead atoms. The van der Waals surface area contributed by atoms with Crippen LogP contribution < -0.4 is 16.0 Å². The summed E-state index contributed by atoms with van der Waals surface area (Å²) in [7, 11) is 0. The molecule has 1 aromatic rings. The molecule has 37 heavy (non-hydrogen) atoms. The van der Waals surface area contributed by atoms with Gasteiger partial charge in [-0.15, -0.1) is 0 Å². The topological polar surface area (TPSA) is 167 Å². The number of carbonyl (C=O) groups excluding carboxylic acids is 5. The Bertz CT molecular complexity index is 1000. The molecule has 0 unspecified atom stereocenters. The summed E-state index contributed by atoms with van der Waals surface area (Å²) in [5.74, 6) is -2.54. The van der Waals surface area contributed by atoms with E-state index in [1.807, 2.05) is 30.3 Å². The lowest BCUT2D eigenvalue weighted by atomic mass is 10.1. The van der Waals surface area contributed by atoms with Crippen molar-refractivity contribution in [2.75, 3.05) is 6.54 Å². The molecule has 0 aromatic heterocycles. The first-order chi connectivity index (χ1) is 17.6. The summed E-state index contributed by atoms with van der Waals surface area (Å²) in [5, 5.41) is 7.91. The molecule has 11 heteroatoms. The van der Waals surface area contributed by atoms with Crippen molar-refractivity contribution in [1.82, 2.24) is 16.0 Å². The molecule has 3 N–H and O–H groups in total. The van der Waals surface area contributed by atoms with Gasteiger partial charge in [-0.1, -0.05) is 30.3 Å². The van der Waals surface area contributed by atoms with E-state index in [2.05, 4.69) is 20.7 Å². The normalized spacial score (nSPS) is 12.2. The number of carbonyl (C=O) groups is 5. The van der Waals surface area contributed by atoms with E-state index < -0.39 is 41.8 Å². The summed E-state index contributed by atoms with van der Waals surface area (Å²) in [6.45, 7) is 5.13. The number of nitrogens with zero attached hydrogens (tertiary/aromatic N) is 2. The van der Waals surface area contributed by atoms with Crippen LogP contribution in [0.2, 0.25) is 0 Å². The molecule has 0 fully saturated rings. The summed E-state index contributed by atoms with van der Waals surface area (Å²) in [6, 6.07) is 7.03. The molecule has 0 saturated heterocycles. The third-order valence-electron chi connectivity index (χ3n) is 4.99. The zero-order valence-corrected chi connectivity index (χ0v) is 21.4. The number of ether oxygens (including phenoxy) is 1. The van der Waals surface area contributed by atoms with Crippen LogP contribution in [-0.4, -0.2) is 65.2 Å². The van der Waals surface area contributed by atoms with Crippen LogP contribution in [0.3, 0.4) is 0 Å². The second kappa shape index (κ2) is 17.3. The number of amides is 3. The molecule has 3 amide bonds. The van der Waals surface area contributed by atoms with E-state index in [9.17, 15) is 24.0 Å². The fourth-order valence-electron chi connectivity index (χ4n) is 3.21. The van der Waals surface area contributed by atoms with E-state index in [-0.39, 0.29) is 25.2 Å². The second-order valence-corrected chi connectivity index (χ2v) is 8.58. The lowest BCUT2D eigenvalue weighted by molar-refractivity contribution is -0.152. The number of hydrogen-bond donors (Lipinski definition) is 3. The highest BCUT2D eigenvalue weighted by Gasteiger charge is 2.28. The fraction of sp³-hybridized carbons (Fsp3) is 0.462. The van der Waals surface area contributed by atoms with Gasteiger partial charge < -0.3 is 26.2 Å². The Morgan fingerprint density at radius 1 is 1.00 bits per heavy atom. The Labute approximate surface area is 216 Å². The minimum Gasteiger partial charge on any atom is -0.461 e. The van der Waals surface area contributed by atoms with Crippen LogP contribution in [0.1, 0.15) is 58.4 Å². The maximum Gasteiger partial charge on any atom is 0.328 e. The largest absolute Gasteiger partial charge is 0.461 e. The minimum absolute atomic E-state index is 0.0841. The van der Waals surface area contributed by atoms with Crippen molar-refractivity contribution in [3.05, 3.63) is 47.5 Å². The summed E-state index contributed by atoms with van der Waals surface area (Å²) in [5.41, 5.74) is 9.32. The first-order valence-corrected chi connectivity index (χ1v) is 12.1. The third kappa shape index (κ3) is 14.1. The van der Waals surface area contributed by atoms with E-state index in [0.29, 0.717) is 25.6 Å². The molecular formula is C26H35N5O6. The average Bonchev–Trinajstić information content (AvgIpc) is 2.84. The van der Waals surface area contributed by atoms with Gasteiger partial charge in [0.2, 0.25) is 23.5 Å². The van der Waals surface area contributed by atoms with Gasteiger partial charge in [0.1, 0.15) is 12.1 Å². The van der Waals surface area contributed by atoms with Crippen LogP contribution in [0.15, 0.2) is 36.4 Å². The highest BCUT2D eigenvalue weighted by molar-refractivity contribution is 6.25. The molecule has 1 rings (SSSR count). The predicted octanol–water partition coefficient (Wildman–Crippen LogP) is 1.58. The SMILES string of the molecule is CC(=O)NCCCC[C@H](NC(=O)/C=C/c1ccccc1)C(=O)N[C@@H](CCC(=O)C=[N+]=[N-])C(=O)OC(C)C. The Morgan fingerprint density at radius 2 is 1.70 bits per heavy atom. The molecule has 2 atom stereocenters. The molecule has 0 radical (unpaired) electrons. The first kappa shape index (κ1) is 30.9. The maximum atomic E-state index is 13.1. The van der Waals surface area contributed by atoms with E-state index in [1.165, 1.54) is 13.0 Å². The van der Waals surface area contributed by atoms with Crippen molar-refractivity contribution in [3.63, 3.8) is 0 Å². The number of ketones is 1. The quantitative estimate of drug-likeness (QED) is 0.0757. The molecular weight excluding hydrogens is 478 g/mol. The van der Waals surface area contributed by atoms with Crippen molar-refractivity contribution in [1.29, 1.82) is 0 Å². The van der Waals surface area contributed by atoms with Gasteiger partial charge in [-0.05, 0) is 51.2 Å². The summed E-state index contributed by atoms with van der Waals surface area (Å²) < 4.78 is 5.20. The van der Waals surface area contributed by atoms with Crippen LogP contribution in [0.4, 0.5) is 0 Å². The van der Waals surface area contributed by atoms with Crippen LogP contribution in [0, 0.1) is 0 Å². The van der Waals surface area contributed by atoms with E-state index in [4.69, 9.17) is 10.3 Å². The zero-order valence-electron chi connectivity index (χ0n) is 21.4. The van der Waals surface area contributed by atoms with Crippen molar-refractivity contribution in [2.24, 2.45) is 0 Å². The van der Waals surface area contributed by atoms with Crippen molar-refractivity contribution < 1.29 is 33.5 Å². The predicted molar refractivity (Wildman–Crippen MR) is 137 cm³/mol. The number of Topliss-reactive ketones (excluding diaryl/α,β-unsaturated/α-hetero) is 1. The summed E-state index contributed by atoms with van der Waals surface area (Å²) in [6.07, 6.45) is 4.26. The number of unbranched alkanes of at least 4 members (excludes halogenated alkanes) is 1. The summed E-state index contributed by atoms with van der Waals surface area (Å²) >= 11 is 0. The first-order valence-electron chi connectivity index (χ1n) is 12.1. The fourth-order valence-corrected chi connectivity index (χ4v) is 3.21. The summed E-state index contributed by atoms with van der Waals surface area (Å²) in [4.78, 5) is 63.7. The van der Waals surface area contributed by atoms with Crippen molar-refractivity contribution in [2.45, 2.75) is 71.1 Å². The Kier molecular flexibility index (Phi) is 14.5. The maximum absolute atomic E-state index is 13.1. The number of benzene rings is 1. The molecule has 0 aliphatic heterocycles. The number of esters is 1. The minimum atomic E-state index is -1.15. The molecule has 1 aromatic carbocycles. The van der Waals surface area contributed by atoms with E-state index in [0.717, 1.165) is 5.56 Å². The van der Waals surface area contributed by atoms with Gasteiger partial charge in [0.25, 0.3) is 0 Å². The smallest absolute Gasteiger partial charge is 0.328 e. The van der Waals surface area contributed by atoms with Gasteiger partial charge in [-0.2, -0.15) is 4.79 Å². The molecule has 0 saturated carbocycles. The Morgan fingerprint density at radius 3 is 2.32 bits per heavy atom. The van der Waals surface area contributed by atoms with Gasteiger partial charge >= 0.3 is 12.2 Å². The monoisotopic (exact) mass is 513 g/mol. The van der Waals surface area contributed by atoms with Crippen LogP contribution in [0.5, 0.6) is 0 Å². The molecule has 0 aliphatic rings. The standard InChI is InChI=1S/C26H35N5O6/c1-18(2)37-26(36)23(14-13-21(33)17-29-27)31-25(35)22(11-7-8-16-28-19(3)32)30-24(34)15-12-20-9-5-4-6-10-20/h4-6,9-10,12,15,17-18,22-23H,7-8,11,13-14,16H2,1-3H3,(H,28,32)(H,30,34)(H,31,35)/b15-12+/t22-,23-/m0/s1. The Balaban J connectivity index is 2.94. The number of rotatable bonds is 16. The van der Waals surface area contributed by atoms with Crippen molar-refractivity contribution in [3.8, 4) is 0 Å². The van der Waals surface area contributed by atoms with Crippen molar-refractivity contribution >= 4 is 41.8 Å². The van der Waals surface area contributed by atoms with Crippen LogP contribution >= 0.6 is 0 Å². The highest BCUT2D eigenvalue weighted by Crippen LogP contribution is 2.07. The molecule has 200 valence electrons. The molecule has 0 aliphatic carbocycles. The van der Waals surface area contributed by atoms with E-state index >= 15 is 0 Å². The lowest BCUT2D eigenvalue weighted by Crippen LogP contribution is -2.52. The molecule has 0 spiro atoms. The van der Waals surface area contributed by atoms with Crippen LogP contribution in [-0.2, 0) is 28.7 Å². The lowest BCUT2D eigenvalue weighted by Gasteiger charge is -2.23. The van der Waals surface area contributed by atoms with Gasteiger partial charge in [-0.3, -0.25) is 19.2 Å². The zero-order chi connectivity index (χ0) is 27.6. The second-order valence-electron chi connectivity index (χ2n) is 8.58. The van der Waals surface area contributed by atoms with Gasteiger partial charge in [-0.25, -0.2) is 4.79 Å². The van der Waals surface area contributed by atoms with Gasteiger partial charge in [0.15, 0.2) is 0 Å². The number of nitrogens with one attached hydrogen (secondary N) is 3. The molecule has 0 heterocycles. The van der Waals surface area contributed by atoms with Crippen LogP contribution in [0.25, 0.3) is 11.6 Å². The number of hydrogen-bond acceptors (Lipinski definition) is 6. The molecule has 11 nitrogen and oxygen atoms in total. The third-order valence-corrected chi connectivity index (χ3v) is 4.99. The Hall–Kier alpha value is -4.11. The average molecular weight is 514 g/mol. The highest BCUT2D eigenvalue weighted by atomic mass is 16.5. The van der Waals surface area contributed by atoms with Gasteiger partial charge in [0.05, 0.1) is 6.10 Å². The van der Waals surface area contributed by atoms with E-state index in [1.54, 1.807) is 19.9 Å². The van der Waals surface area contributed by atoms with Gasteiger partial charge in [0, 0.05) is 26.0 Å².